The minimum Gasteiger partial charge on any atom is -0.454 e. The Bertz CT molecular complexity index is 6680. The van der Waals surface area contributed by atoms with E-state index in [0.29, 0.717) is 0 Å². The first-order chi connectivity index (χ1) is 47.6. The standard InChI is InChI=1S/C50H31N5O.C36H21BrN2O.2CH4/c1-3-14-32(15-4-1)49-51-52-50(33-16-5-2-6-17-33)55(49)36-26-29-45-42(31-36)38-21-8-10-23-43(38)53(45)34-18-13-19-35(30-34)54-44-24-11-7-20-37(44)40-27-28-41-39-22-9-12-25-46(39)56-48(41)47(40)54;37-22-16-19-33-30(20-22)26-11-2-4-13-31(26)38(33)23-8-7-9-24(21-23)39-32-14-5-1-10-25(32)28-17-18-29-27-12-3-6-15-34(27)40-36(29)35(28)39;;/h1-31H;1-21H;2*1H4. The van der Waals surface area contributed by atoms with E-state index in [2.05, 4.69) is 306 Å². The molecule has 98 heavy (non-hydrogen) atoms. The number of hydrogen-bond acceptors (Lipinski definition) is 4. The predicted molar refractivity (Wildman–Crippen MR) is 412 cm³/mol. The predicted octanol–water partition coefficient (Wildman–Crippen LogP) is 24.5. The fourth-order valence-electron chi connectivity index (χ4n) is 15.2. The van der Waals surface area contributed by atoms with Gasteiger partial charge in [0.2, 0.25) is 0 Å². The molecule has 0 atom stereocenters. The second-order valence-electron chi connectivity index (χ2n) is 24.6. The summed E-state index contributed by atoms with van der Waals surface area (Å²) < 4.78 is 25.9. The molecule has 0 aliphatic carbocycles. The molecule has 10 heteroatoms. The molecule has 0 N–H and O–H groups in total. The first-order valence-electron chi connectivity index (χ1n) is 32.2. The third-order valence-electron chi connectivity index (χ3n) is 19.3. The van der Waals surface area contributed by atoms with Crippen molar-refractivity contribution in [3.05, 3.63) is 320 Å². The van der Waals surface area contributed by atoms with E-state index in [9.17, 15) is 0 Å². The Morgan fingerprint density at radius 2 is 0.571 bits per heavy atom. The molecule has 0 unspecified atom stereocenters. The summed E-state index contributed by atoms with van der Waals surface area (Å²) in [5.41, 5.74) is 20.1. The van der Waals surface area contributed by atoms with Crippen LogP contribution in [-0.4, -0.2) is 33.0 Å². The minimum atomic E-state index is 0. The molecule has 0 fully saturated rings. The molecule has 0 saturated heterocycles. The van der Waals surface area contributed by atoms with E-state index in [-0.39, 0.29) is 14.9 Å². The molecule has 0 aliphatic rings. The van der Waals surface area contributed by atoms with Crippen LogP contribution in [-0.2, 0) is 0 Å². The highest BCUT2D eigenvalue weighted by molar-refractivity contribution is 9.10. The van der Waals surface area contributed by atoms with Gasteiger partial charge in [0.25, 0.3) is 0 Å². The van der Waals surface area contributed by atoms with E-state index >= 15 is 0 Å². The van der Waals surface area contributed by atoms with Crippen molar-refractivity contribution < 1.29 is 8.83 Å². The summed E-state index contributed by atoms with van der Waals surface area (Å²) in [5, 5.41) is 23.6. The van der Waals surface area contributed by atoms with Crippen molar-refractivity contribution in [3.63, 3.8) is 0 Å². The van der Waals surface area contributed by atoms with E-state index in [4.69, 9.17) is 19.0 Å². The second-order valence-corrected chi connectivity index (χ2v) is 25.5. The quantitative estimate of drug-likeness (QED) is 0.159. The molecule has 14 aromatic carbocycles. The lowest BCUT2D eigenvalue weighted by Crippen LogP contribution is -2.01. The summed E-state index contributed by atoms with van der Waals surface area (Å²) in [4.78, 5) is 0. The summed E-state index contributed by atoms with van der Waals surface area (Å²) in [7, 11) is 0. The van der Waals surface area contributed by atoms with Gasteiger partial charge in [-0.25, -0.2) is 0 Å². The Kier molecular flexibility index (Phi) is 13.6. The van der Waals surface area contributed by atoms with Gasteiger partial charge < -0.3 is 27.1 Å². The van der Waals surface area contributed by atoms with Gasteiger partial charge in [0.15, 0.2) is 22.8 Å². The number of aromatic nitrogens is 7. The summed E-state index contributed by atoms with van der Waals surface area (Å²) in [6, 6.07) is 112. The van der Waals surface area contributed by atoms with E-state index in [1.807, 2.05) is 48.5 Å². The van der Waals surface area contributed by atoms with Crippen LogP contribution in [0.5, 0.6) is 0 Å². The normalized spacial score (nSPS) is 11.8. The molecule has 0 radical (unpaired) electrons. The third-order valence-corrected chi connectivity index (χ3v) is 19.8. The lowest BCUT2D eigenvalue weighted by atomic mass is 10.1. The molecular weight excluding hydrogens is 1270 g/mol. The average Bonchev–Trinajstić information content (AvgIpc) is 1.57. The highest BCUT2D eigenvalue weighted by Crippen LogP contribution is 2.45. The summed E-state index contributed by atoms with van der Waals surface area (Å²) in [6.45, 7) is 0. The maximum Gasteiger partial charge on any atom is 0.168 e. The molecule has 21 rings (SSSR count). The largest absolute Gasteiger partial charge is 0.454 e. The first kappa shape index (κ1) is 58.1. The molecule has 0 aliphatic heterocycles. The monoisotopic (exact) mass is 1330 g/mol. The van der Waals surface area contributed by atoms with Gasteiger partial charge in [0.1, 0.15) is 11.2 Å². The highest BCUT2D eigenvalue weighted by Gasteiger charge is 2.24. The van der Waals surface area contributed by atoms with E-state index in [1.54, 1.807) is 0 Å². The molecule has 0 bridgehead atoms. The Hall–Kier alpha value is -12.5. The topological polar surface area (TPSA) is 76.7 Å². The van der Waals surface area contributed by atoms with E-state index < -0.39 is 0 Å². The second kappa shape index (κ2) is 22.9. The van der Waals surface area contributed by atoms with Crippen LogP contribution in [0.2, 0.25) is 0 Å². The van der Waals surface area contributed by atoms with Gasteiger partial charge in [-0.2, -0.15) is 0 Å². The number of para-hydroxylation sites is 6. The molecule has 0 spiro atoms. The molecular formula is C88H60BrN7O2. The van der Waals surface area contributed by atoms with Gasteiger partial charge in [0, 0.05) is 103 Å². The Morgan fingerprint density at radius 3 is 1.03 bits per heavy atom. The average molecular weight is 1330 g/mol. The van der Waals surface area contributed by atoms with Crippen LogP contribution in [0.25, 0.3) is 182 Å². The summed E-state index contributed by atoms with van der Waals surface area (Å²) in [5.74, 6) is 1.59. The van der Waals surface area contributed by atoms with Crippen molar-refractivity contribution in [2.75, 3.05) is 0 Å². The molecule has 0 amide bonds. The van der Waals surface area contributed by atoms with Crippen molar-refractivity contribution in [1.82, 2.24) is 33.0 Å². The van der Waals surface area contributed by atoms with Crippen LogP contribution in [0.15, 0.2) is 329 Å². The molecule has 0 saturated carbocycles. The van der Waals surface area contributed by atoms with Gasteiger partial charge in [-0.1, -0.05) is 225 Å². The van der Waals surface area contributed by atoms with Gasteiger partial charge in [-0.05, 0) is 121 Å². The summed E-state index contributed by atoms with van der Waals surface area (Å²) in [6.07, 6.45) is 0. The number of benzene rings is 14. The molecule has 7 aromatic heterocycles. The molecule has 466 valence electrons. The Balaban J connectivity index is 0.000000147. The van der Waals surface area contributed by atoms with Gasteiger partial charge in [0.05, 0.1) is 49.8 Å². The maximum atomic E-state index is 6.65. The van der Waals surface area contributed by atoms with Crippen molar-refractivity contribution in [2.24, 2.45) is 0 Å². The summed E-state index contributed by atoms with van der Waals surface area (Å²) >= 11 is 3.68. The zero-order valence-electron chi connectivity index (χ0n) is 51.3. The van der Waals surface area contributed by atoms with Crippen LogP contribution in [0.3, 0.4) is 0 Å². The number of rotatable bonds is 7. The van der Waals surface area contributed by atoms with Crippen molar-refractivity contribution in [1.29, 1.82) is 0 Å². The van der Waals surface area contributed by atoms with Crippen LogP contribution in [0.4, 0.5) is 0 Å². The minimum absolute atomic E-state index is 0. The maximum absolute atomic E-state index is 6.65. The zero-order valence-corrected chi connectivity index (χ0v) is 52.9. The van der Waals surface area contributed by atoms with E-state index in [0.717, 1.165) is 138 Å². The van der Waals surface area contributed by atoms with Crippen LogP contribution < -0.4 is 0 Å². The van der Waals surface area contributed by atoms with Crippen molar-refractivity contribution in [2.45, 2.75) is 14.9 Å². The Labute approximate surface area is 571 Å². The SMILES string of the molecule is Brc1ccc2c(c1)c1ccccc1n2-c1cccc(-n2c3ccccc3c3ccc4c5ccccc5oc4c32)c1.C.C.c1ccc(-c2nnc(-c3ccccc3)n2-c2ccc3c(c2)c2ccccc2n3-c2cccc(-n3c4ccccc4c4ccc5c6ccccc6oc5c43)c2)cc1. The van der Waals surface area contributed by atoms with Crippen LogP contribution in [0.1, 0.15) is 14.9 Å². The van der Waals surface area contributed by atoms with E-state index in [1.165, 1.54) is 48.7 Å². The smallest absolute Gasteiger partial charge is 0.168 e. The van der Waals surface area contributed by atoms with Crippen LogP contribution in [0, 0.1) is 0 Å². The molecule has 21 aromatic rings. The number of halogens is 1. The zero-order chi connectivity index (χ0) is 63.1. The number of nitrogens with zero attached hydrogens (tertiary/aromatic N) is 7. The number of hydrogen-bond donors (Lipinski definition) is 0. The first-order valence-corrected chi connectivity index (χ1v) is 33.0. The fraction of sp³-hybridized carbons (Fsp3) is 0.0227. The Morgan fingerprint density at radius 1 is 0.235 bits per heavy atom. The van der Waals surface area contributed by atoms with Crippen LogP contribution >= 0.6 is 15.9 Å². The van der Waals surface area contributed by atoms with Gasteiger partial charge in [-0.3, -0.25) is 4.57 Å². The molecule has 7 heterocycles. The molecule has 9 nitrogen and oxygen atoms in total. The highest BCUT2D eigenvalue weighted by atomic mass is 79.9. The van der Waals surface area contributed by atoms with Crippen molar-refractivity contribution >= 4 is 147 Å². The van der Waals surface area contributed by atoms with Gasteiger partial charge in [-0.15, -0.1) is 10.2 Å². The lowest BCUT2D eigenvalue weighted by Gasteiger charge is -2.14. The number of furan rings is 2. The third kappa shape index (κ3) is 8.77. The number of fused-ring (bicyclic) bond motifs is 20. The fourth-order valence-corrected chi connectivity index (χ4v) is 15.6. The lowest BCUT2D eigenvalue weighted by molar-refractivity contribution is 0.670. The van der Waals surface area contributed by atoms with Gasteiger partial charge >= 0.3 is 0 Å². The van der Waals surface area contributed by atoms with Crippen molar-refractivity contribution in [3.8, 4) is 51.2 Å².